The van der Waals surface area contributed by atoms with E-state index in [2.05, 4.69) is 15.4 Å². The van der Waals surface area contributed by atoms with Gasteiger partial charge in [0, 0.05) is 29.8 Å². The lowest BCUT2D eigenvalue weighted by molar-refractivity contribution is 0.0935. The molecular weight excluding hydrogens is 406 g/mol. The van der Waals surface area contributed by atoms with Crippen LogP contribution in [0, 0.1) is 11.6 Å². The van der Waals surface area contributed by atoms with Crippen molar-refractivity contribution >= 4 is 5.91 Å². The number of hydrogen-bond acceptors (Lipinski definition) is 5. The van der Waals surface area contributed by atoms with E-state index in [4.69, 9.17) is 9.47 Å². The predicted octanol–water partition coefficient (Wildman–Crippen LogP) is 3.65. The average molecular weight is 426 g/mol. The van der Waals surface area contributed by atoms with Gasteiger partial charge < -0.3 is 14.8 Å². The number of aryl methyl sites for hydroxylation is 1. The molecule has 9 heteroatoms. The molecule has 0 radical (unpaired) electrons. The molecule has 1 unspecified atom stereocenters. The Balaban J connectivity index is 1.36. The first-order chi connectivity index (χ1) is 15.0. The largest absolute Gasteiger partial charge is 0.490 e. The van der Waals surface area contributed by atoms with Crippen molar-refractivity contribution in [2.75, 3.05) is 7.11 Å². The first-order valence-corrected chi connectivity index (χ1v) is 10.1. The van der Waals surface area contributed by atoms with Crippen LogP contribution in [0.25, 0.3) is 11.3 Å². The first-order valence-electron chi connectivity index (χ1n) is 10.1. The molecule has 1 aliphatic carbocycles. The SMILES string of the molecule is COc1cc(-c2cc3n(n2)CCC3NC(=O)c2cc(F)cc(OC3CC3)c2)c(F)cn1. The van der Waals surface area contributed by atoms with Gasteiger partial charge in [0.1, 0.15) is 11.6 Å². The van der Waals surface area contributed by atoms with Crippen LogP contribution in [0.2, 0.25) is 0 Å². The van der Waals surface area contributed by atoms with Gasteiger partial charge in [-0.2, -0.15) is 5.10 Å². The number of nitrogens with one attached hydrogen (secondary N) is 1. The molecular formula is C22H20F2N4O3. The van der Waals surface area contributed by atoms with E-state index in [1.165, 1.54) is 25.3 Å². The van der Waals surface area contributed by atoms with Crippen molar-refractivity contribution in [3.8, 4) is 22.9 Å². The van der Waals surface area contributed by atoms with Crippen molar-refractivity contribution in [1.82, 2.24) is 20.1 Å². The van der Waals surface area contributed by atoms with Crippen molar-refractivity contribution in [2.45, 2.75) is 38.0 Å². The topological polar surface area (TPSA) is 78.3 Å². The number of halogens is 2. The number of rotatable bonds is 6. The van der Waals surface area contributed by atoms with Crippen LogP contribution >= 0.6 is 0 Å². The lowest BCUT2D eigenvalue weighted by Gasteiger charge is -2.13. The Bertz CT molecular complexity index is 1160. The molecule has 1 fully saturated rings. The molecule has 3 aromatic rings. The second-order valence-corrected chi connectivity index (χ2v) is 7.69. The maximum absolute atomic E-state index is 14.3. The van der Waals surface area contributed by atoms with Gasteiger partial charge in [0.25, 0.3) is 5.91 Å². The number of fused-ring (bicyclic) bond motifs is 1. The first kappa shape index (κ1) is 19.5. The van der Waals surface area contributed by atoms with Gasteiger partial charge in [-0.15, -0.1) is 0 Å². The third kappa shape index (κ3) is 3.95. The number of hydrogen-bond donors (Lipinski definition) is 1. The summed E-state index contributed by atoms with van der Waals surface area (Å²) in [4.78, 5) is 16.6. The molecule has 5 rings (SSSR count). The van der Waals surface area contributed by atoms with Gasteiger partial charge in [-0.05, 0) is 37.5 Å². The predicted molar refractivity (Wildman–Crippen MR) is 107 cm³/mol. The van der Waals surface area contributed by atoms with E-state index < -0.39 is 17.5 Å². The van der Waals surface area contributed by atoms with Gasteiger partial charge in [0.2, 0.25) is 5.88 Å². The number of pyridine rings is 1. The summed E-state index contributed by atoms with van der Waals surface area (Å²) >= 11 is 0. The molecule has 0 spiro atoms. The summed E-state index contributed by atoms with van der Waals surface area (Å²) in [5.74, 6) is -0.804. The van der Waals surface area contributed by atoms with Gasteiger partial charge in [-0.1, -0.05) is 0 Å². The molecule has 1 saturated carbocycles. The number of ether oxygens (including phenoxy) is 2. The Morgan fingerprint density at radius 1 is 1.16 bits per heavy atom. The van der Waals surface area contributed by atoms with Crippen LogP contribution < -0.4 is 14.8 Å². The van der Waals surface area contributed by atoms with E-state index in [1.807, 2.05) is 0 Å². The highest BCUT2D eigenvalue weighted by Gasteiger charge is 2.28. The van der Waals surface area contributed by atoms with Crippen LogP contribution in [-0.4, -0.2) is 33.9 Å². The fraction of sp³-hybridized carbons (Fsp3) is 0.318. The molecule has 7 nitrogen and oxygen atoms in total. The second kappa shape index (κ2) is 7.64. The number of carbonyl (C=O) groups is 1. The Morgan fingerprint density at radius 3 is 2.77 bits per heavy atom. The van der Waals surface area contributed by atoms with Crippen LogP contribution in [0.3, 0.4) is 0 Å². The second-order valence-electron chi connectivity index (χ2n) is 7.69. The molecule has 2 aliphatic rings. The molecule has 0 bridgehead atoms. The molecule has 1 N–H and O–H groups in total. The summed E-state index contributed by atoms with van der Waals surface area (Å²) in [7, 11) is 1.45. The Hall–Kier alpha value is -3.49. The van der Waals surface area contributed by atoms with Crippen LogP contribution in [0.15, 0.2) is 36.5 Å². The highest BCUT2D eigenvalue weighted by Crippen LogP contribution is 2.32. The zero-order valence-corrected chi connectivity index (χ0v) is 16.8. The Kier molecular flexibility index (Phi) is 4.80. The van der Waals surface area contributed by atoms with Gasteiger partial charge in [0.05, 0.1) is 36.8 Å². The van der Waals surface area contributed by atoms with Gasteiger partial charge in [-0.25, -0.2) is 13.8 Å². The maximum Gasteiger partial charge on any atom is 0.252 e. The Labute approximate surface area is 177 Å². The minimum atomic E-state index is -0.524. The maximum atomic E-state index is 14.3. The monoisotopic (exact) mass is 426 g/mol. The van der Waals surface area contributed by atoms with E-state index >= 15 is 0 Å². The smallest absolute Gasteiger partial charge is 0.252 e. The summed E-state index contributed by atoms with van der Waals surface area (Å²) < 4.78 is 40.7. The minimum Gasteiger partial charge on any atom is -0.490 e. The van der Waals surface area contributed by atoms with Crippen LogP contribution in [0.4, 0.5) is 8.78 Å². The fourth-order valence-corrected chi connectivity index (χ4v) is 3.68. The number of amides is 1. The molecule has 1 aliphatic heterocycles. The molecule has 1 amide bonds. The minimum absolute atomic E-state index is 0.104. The fourth-order valence-electron chi connectivity index (χ4n) is 3.68. The summed E-state index contributed by atoms with van der Waals surface area (Å²) in [6, 6.07) is 6.91. The normalized spacial score (nSPS) is 17.3. The van der Waals surface area contributed by atoms with E-state index in [0.717, 1.165) is 24.7 Å². The summed E-state index contributed by atoms with van der Waals surface area (Å²) in [5.41, 5.74) is 1.65. The lowest BCUT2D eigenvalue weighted by Crippen LogP contribution is -2.27. The Morgan fingerprint density at radius 2 is 2.00 bits per heavy atom. The summed E-state index contributed by atoms with van der Waals surface area (Å²) in [6.45, 7) is 0.573. The number of benzene rings is 1. The van der Waals surface area contributed by atoms with E-state index in [0.29, 0.717) is 24.4 Å². The van der Waals surface area contributed by atoms with Crippen molar-refractivity contribution < 1.29 is 23.0 Å². The highest BCUT2D eigenvalue weighted by molar-refractivity contribution is 5.95. The quantitative estimate of drug-likeness (QED) is 0.651. The molecule has 1 atom stereocenters. The molecule has 2 aromatic heterocycles. The zero-order chi connectivity index (χ0) is 21.5. The van der Waals surface area contributed by atoms with Crippen LogP contribution in [0.1, 0.15) is 41.4 Å². The van der Waals surface area contributed by atoms with Gasteiger partial charge in [-0.3, -0.25) is 9.48 Å². The summed E-state index contributed by atoms with van der Waals surface area (Å²) in [5, 5.41) is 7.38. The number of aromatic nitrogens is 3. The molecule has 1 aromatic carbocycles. The molecule has 0 saturated heterocycles. The number of carbonyl (C=O) groups excluding carboxylic acids is 1. The van der Waals surface area contributed by atoms with E-state index in [9.17, 15) is 13.6 Å². The average Bonchev–Trinajstić information content (AvgIpc) is 3.34. The third-order valence-electron chi connectivity index (χ3n) is 5.38. The molecule has 31 heavy (non-hydrogen) atoms. The van der Waals surface area contributed by atoms with Crippen LogP contribution in [0.5, 0.6) is 11.6 Å². The van der Waals surface area contributed by atoms with Crippen molar-refractivity contribution in [3.63, 3.8) is 0 Å². The van der Waals surface area contributed by atoms with Crippen molar-refractivity contribution in [1.29, 1.82) is 0 Å². The summed E-state index contributed by atoms with van der Waals surface area (Å²) in [6.07, 6.45) is 3.71. The third-order valence-corrected chi connectivity index (χ3v) is 5.38. The highest BCUT2D eigenvalue weighted by atomic mass is 19.1. The van der Waals surface area contributed by atoms with E-state index in [-0.39, 0.29) is 29.2 Å². The number of nitrogens with zero attached hydrogens (tertiary/aromatic N) is 3. The van der Waals surface area contributed by atoms with E-state index in [1.54, 1.807) is 16.8 Å². The lowest BCUT2D eigenvalue weighted by atomic mass is 10.1. The molecule has 3 heterocycles. The number of methoxy groups -OCH3 is 1. The molecule has 160 valence electrons. The van der Waals surface area contributed by atoms with Crippen molar-refractivity contribution in [3.05, 3.63) is 59.4 Å². The standard InChI is InChI=1S/C22H20F2N4O3/c1-30-21-9-16(17(24)11-25-21)19-10-20-18(4-5-28(20)27-19)26-22(29)12-6-13(23)8-15(7-12)31-14-2-3-14/h6-11,14,18H,2-5H2,1H3,(H,26,29). The zero-order valence-electron chi connectivity index (χ0n) is 16.8. The van der Waals surface area contributed by atoms with Crippen molar-refractivity contribution in [2.24, 2.45) is 0 Å². The van der Waals surface area contributed by atoms with Gasteiger partial charge in [0.15, 0.2) is 5.82 Å². The van der Waals surface area contributed by atoms with Crippen LogP contribution in [-0.2, 0) is 6.54 Å². The van der Waals surface area contributed by atoms with Gasteiger partial charge >= 0.3 is 0 Å².